The Labute approximate surface area is 179 Å². The van der Waals surface area contributed by atoms with Crippen LogP contribution in [0.4, 0.5) is 0 Å². The highest BCUT2D eigenvalue weighted by molar-refractivity contribution is 6.10. The first-order chi connectivity index (χ1) is 14.9. The number of carboxylic acid groups (broad SMARTS) is 2. The summed E-state index contributed by atoms with van der Waals surface area (Å²) in [6.07, 6.45) is 10.8. The van der Waals surface area contributed by atoms with E-state index in [1.54, 1.807) is 24.3 Å². The van der Waals surface area contributed by atoms with Gasteiger partial charge in [0, 0.05) is 51.7 Å². The van der Waals surface area contributed by atoms with Crippen LogP contribution in [0.25, 0.3) is 10.8 Å². The molecule has 0 aliphatic rings. The third kappa shape index (κ3) is 5.16. The molecule has 4 aromatic rings. The van der Waals surface area contributed by atoms with Gasteiger partial charge in [-0.25, -0.2) is 19.6 Å². The van der Waals surface area contributed by atoms with Crippen molar-refractivity contribution in [3.05, 3.63) is 84.0 Å². The van der Waals surface area contributed by atoms with Crippen LogP contribution in [0.1, 0.15) is 38.8 Å². The Morgan fingerprint density at radius 1 is 0.774 bits per heavy atom. The molecule has 0 radical (unpaired) electrons. The Morgan fingerprint density at radius 2 is 1.19 bits per heavy atom. The Balaban J connectivity index is 0.000000176. The molecule has 0 unspecified atom stereocenters. The first-order valence-corrected chi connectivity index (χ1v) is 9.79. The zero-order chi connectivity index (χ0) is 22.4. The molecule has 4 rings (SSSR count). The Kier molecular flexibility index (Phi) is 6.81. The predicted molar refractivity (Wildman–Crippen MR) is 116 cm³/mol. The zero-order valence-electron chi connectivity index (χ0n) is 17.4. The van der Waals surface area contributed by atoms with Crippen molar-refractivity contribution in [3.8, 4) is 0 Å². The number of hydrogen-bond donors (Lipinski definition) is 2. The highest BCUT2D eigenvalue weighted by Crippen LogP contribution is 2.22. The number of rotatable bonds is 6. The normalized spacial score (nSPS) is 10.5. The summed E-state index contributed by atoms with van der Waals surface area (Å²) >= 11 is 0. The van der Waals surface area contributed by atoms with E-state index in [-0.39, 0.29) is 11.1 Å². The second kappa shape index (κ2) is 9.71. The molecule has 2 heterocycles. The third-order valence-electron chi connectivity index (χ3n) is 5.03. The Hall–Kier alpha value is -3.94. The van der Waals surface area contributed by atoms with Crippen molar-refractivity contribution in [2.75, 3.05) is 0 Å². The van der Waals surface area contributed by atoms with Crippen LogP contribution in [0.2, 0.25) is 0 Å². The van der Waals surface area contributed by atoms with Crippen molar-refractivity contribution in [1.82, 2.24) is 19.1 Å². The average Bonchev–Trinajstić information content (AvgIpc) is 3.35. The number of carbonyl (C=O) groups is 2. The van der Waals surface area contributed by atoms with Crippen molar-refractivity contribution in [2.45, 2.75) is 19.3 Å². The summed E-state index contributed by atoms with van der Waals surface area (Å²) < 4.78 is 4.14. The molecule has 31 heavy (non-hydrogen) atoms. The maximum atomic E-state index is 10.9. The van der Waals surface area contributed by atoms with E-state index in [0.29, 0.717) is 10.8 Å². The maximum Gasteiger partial charge on any atom is 0.336 e. The largest absolute Gasteiger partial charge is 0.478 e. The molecule has 0 saturated heterocycles. The summed E-state index contributed by atoms with van der Waals surface area (Å²) in [5.41, 5.74) is 0.223. The molecule has 0 aliphatic carbocycles. The van der Waals surface area contributed by atoms with Crippen LogP contribution >= 0.6 is 0 Å². The number of imidazole rings is 2. The molecule has 160 valence electrons. The third-order valence-corrected chi connectivity index (χ3v) is 5.03. The van der Waals surface area contributed by atoms with E-state index < -0.39 is 11.9 Å². The number of aromatic carboxylic acids is 2. The van der Waals surface area contributed by atoms with E-state index in [4.69, 9.17) is 10.2 Å². The smallest absolute Gasteiger partial charge is 0.336 e. The SMILES string of the molecule is Cn1ccnc1CCCc1nccn1C.O=C(O)c1ccc(C(=O)O)c2ccccc12. The van der Waals surface area contributed by atoms with E-state index >= 15 is 0 Å². The van der Waals surface area contributed by atoms with Crippen LogP contribution < -0.4 is 0 Å². The number of fused-ring (bicyclic) bond motifs is 1. The lowest BCUT2D eigenvalue weighted by atomic mass is 10.00. The fourth-order valence-corrected chi connectivity index (χ4v) is 3.35. The van der Waals surface area contributed by atoms with Gasteiger partial charge >= 0.3 is 11.9 Å². The maximum absolute atomic E-state index is 10.9. The summed E-state index contributed by atoms with van der Waals surface area (Å²) in [5.74, 6) is 0.162. The molecular formula is C23H24N4O4. The van der Waals surface area contributed by atoms with Gasteiger partial charge in [-0.2, -0.15) is 0 Å². The average molecular weight is 420 g/mol. The van der Waals surface area contributed by atoms with Gasteiger partial charge in [0.25, 0.3) is 0 Å². The van der Waals surface area contributed by atoms with Crippen molar-refractivity contribution in [2.24, 2.45) is 14.1 Å². The topological polar surface area (TPSA) is 110 Å². The molecular weight excluding hydrogens is 396 g/mol. The Bertz CT molecular complexity index is 1120. The van der Waals surface area contributed by atoms with Crippen LogP contribution in [0.15, 0.2) is 61.2 Å². The quantitative estimate of drug-likeness (QED) is 0.493. The number of hydrogen-bond acceptors (Lipinski definition) is 4. The molecule has 0 saturated carbocycles. The summed E-state index contributed by atoms with van der Waals surface area (Å²) in [6.45, 7) is 0. The van der Waals surface area contributed by atoms with E-state index in [1.165, 1.54) is 12.1 Å². The highest BCUT2D eigenvalue weighted by atomic mass is 16.4. The fraction of sp³-hybridized carbons (Fsp3) is 0.217. The van der Waals surface area contributed by atoms with Crippen LogP contribution in [-0.4, -0.2) is 41.3 Å². The molecule has 0 fully saturated rings. The van der Waals surface area contributed by atoms with E-state index in [1.807, 2.05) is 38.9 Å². The lowest BCUT2D eigenvalue weighted by molar-refractivity contribution is 0.0684. The van der Waals surface area contributed by atoms with Gasteiger partial charge in [-0.15, -0.1) is 0 Å². The van der Waals surface area contributed by atoms with Gasteiger partial charge in [-0.1, -0.05) is 24.3 Å². The van der Waals surface area contributed by atoms with Crippen molar-refractivity contribution in [1.29, 1.82) is 0 Å². The second-order valence-corrected chi connectivity index (χ2v) is 7.08. The van der Waals surface area contributed by atoms with Crippen LogP contribution in [0.3, 0.4) is 0 Å². The molecule has 2 aromatic carbocycles. The van der Waals surface area contributed by atoms with E-state index in [2.05, 4.69) is 19.1 Å². The highest BCUT2D eigenvalue weighted by Gasteiger charge is 2.14. The molecule has 8 heteroatoms. The molecule has 0 atom stereocenters. The number of nitrogens with zero attached hydrogens (tertiary/aromatic N) is 4. The number of benzene rings is 2. The molecule has 0 spiro atoms. The van der Waals surface area contributed by atoms with Crippen molar-refractivity contribution >= 4 is 22.7 Å². The number of carboxylic acids is 2. The van der Waals surface area contributed by atoms with Crippen molar-refractivity contribution < 1.29 is 19.8 Å². The zero-order valence-corrected chi connectivity index (χ0v) is 17.4. The van der Waals surface area contributed by atoms with Gasteiger partial charge in [0.1, 0.15) is 11.6 Å². The molecule has 2 aromatic heterocycles. The molecule has 0 bridgehead atoms. The van der Waals surface area contributed by atoms with Crippen LogP contribution in [0, 0.1) is 0 Å². The standard InChI is InChI=1S/C12H8O4.C11H16N4/c13-11(14)9-5-6-10(12(15)16)8-4-2-1-3-7(8)9;1-14-8-6-12-10(14)4-3-5-11-13-7-9-15(11)2/h1-6H,(H,13,14)(H,15,16);6-9H,3-5H2,1-2H3. The van der Waals surface area contributed by atoms with Gasteiger partial charge in [-0.05, 0) is 29.3 Å². The Morgan fingerprint density at radius 3 is 1.52 bits per heavy atom. The van der Waals surface area contributed by atoms with Crippen LogP contribution in [-0.2, 0) is 26.9 Å². The first kappa shape index (κ1) is 21.8. The minimum atomic E-state index is -1.06. The second-order valence-electron chi connectivity index (χ2n) is 7.08. The van der Waals surface area contributed by atoms with Gasteiger partial charge < -0.3 is 19.3 Å². The van der Waals surface area contributed by atoms with Crippen molar-refractivity contribution in [3.63, 3.8) is 0 Å². The molecule has 8 nitrogen and oxygen atoms in total. The summed E-state index contributed by atoms with van der Waals surface area (Å²) in [7, 11) is 4.06. The molecule has 2 N–H and O–H groups in total. The van der Waals surface area contributed by atoms with Gasteiger partial charge in [0.05, 0.1) is 11.1 Å². The fourth-order valence-electron chi connectivity index (χ4n) is 3.35. The lowest BCUT2D eigenvalue weighted by Gasteiger charge is -2.05. The van der Waals surface area contributed by atoms with E-state index in [9.17, 15) is 9.59 Å². The molecule has 0 amide bonds. The lowest BCUT2D eigenvalue weighted by Crippen LogP contribution is -2.02. The predicted octanol–water partition coefficient (Wildman–Crippen LogP) is 3.57. The van der Waals surface area contributed by atoms with E-state index in [0.717, 1.165) is 30.9 Å². The monoisotopic (exact) mass is 420 g/mol. The number of aromatic nitrogens is 4. The number of aryl methyl sites for hydroxylation is 4. The first-order valence-electron chi connectivity index (χ1n) is 9.79. The minimum Gasteiger partial charge on any atom is -0.478 e. The summed E-state index contributed by atoms with van der Waals surface area (Å²) in [4.78, 5) is 30.5. The molecule has 0 aliphatic heterocycles. The van der Waals surface area contributed by atoms with Crippen LogP contribution in [0.5, 0.6) is 0 Å². The van der Waals surface area contributed by atoms with Gasteiger partial charge in [0.15, 0.2) is 0 Å². The van der Waals surface area contributed by atoms with Gasteiger partial charge in [0.2, 0.25) is 0 Å². The summed E-state index contributed by atoms with van der Waals surface area (Å²) in [6, 6.07) is 9.19. The van der Waals surface area contributed by atoms with Gasteiger partial charge in [-0.3, -0.25) is 0 Å². The summed E-state index contributed by atoms with van der Waals surface area (Å²) in [5, 5.41) is 18.8. The minimum absolute atomic E-state index is 0.112.